The molecule has 0 aromatic rings. The second kappa shape index (κ2) is 2.57. The van der Waals surface area contributed by atoms with Gasteiger partial charge in [0.25, 0.3) is 0 Å². The minimum absolute atomic E-state index is 0.699. The van der Waals surface area contributed by atoms with Gasteiger partial charge in [-0.25, -0.2) is 0 Å². The van der Waals surface area contributed by atoms with Crippen LogP contribution in [-0.2, 0) is 0 Å². The maximum atomic E-state index is 11.4. The van der Waals surface area contributed by atoms with Gasteiger partial charge in [0.05, 0.1) is 5.82 Å². The van der Waals surface area contributed by atoms with Crippen molar-refractivity contribution in [1.82, 2.24) is 0 Å². The molecule has 0 radical (unpaired) electrons. The molecule has 0 heterocycles. The van der Waals surface area contributed by atoms with Gasteiger partial charge >= 0.3 is 13.3 Å². The van der Waals surface area contributed by atoms with Gasteiger partial charge in [-0.15, -0.1) is 0 Å². The highest BCUT2D eigenvalue weighted by molar-refractivity contribution is 6.43. The Morgan fingerprint density at radius 3 is 1.67 bits per heavy atom. The maximum Gasteiger partial charge on any atom is 0.463 e. The van der Waals surface area contributed by atoms with Crippen molar-refractivity contribution in [1.29, 1.82) is 0 Å². The van der Waals surface area contributed by atoms with Crippen LogP contribution in [0, 0.1) is 0 Å². The molecule has 54 valence electrons. The molecule has 0 amide bonds. The lowest BCUT2D eigenvalue weighted by molar-refractivity contribution is -0.135. The van der Waals surface area contributed by atoms with Crippen LogP contribution in [0.2, 0.25) is 5.82 Å². The van der Waals surface area contributed by atoms with Crippen molar-refractivity contribution in [3.63, 3.8) is 0 Å². The van der Waals surface area contributed by atoms with E-state index < -0.39 is 19.1 Å². The fraction of sp³-hybridized carbons (Fsp3) is 1.00. The number of rotatable bonds is 1. The molecule has 0 aliphatic rings. The minimum Gasteiger partial charge on any atom is -0.427 e. The number of hydrogen-bond acceptors (Lipinski definition) is 2. The van der Waals surface area contributed by atoms with Gasteiger partial charge in [0.2, 0.25) is 0 Å². The molecule has 0 spiro atoms. The summed E-state index contributed by atoms with van der Waals surface area (Å²) in [6, 6.07) is 0. The van der Waals surface area contributed by atoms with E-state index in [4.69, 9.17) is 10.0 Å². The van der Waals surface area contributed by atoms with Gasteiger partial charge in [-0.2, -0.15) is 13.2 Å². The molecule has 0 saturated carbocycles. The highest BCUT2D eigenvalue weighted by Crippen LogP contribution is 2.30. The maximum absolute atomic E-state index is 11.4. The third-order valence-electron chi connectivity index (χ3n) is 0.964. The number of alkyl halides is 3. The molecule has 0 bridgehead atoms. The summed E-state index contributed by atoms with van der Waals surface area (Å²) in [5, 5.41) is 16.0. The van der Waals surface area contributed by atoms with Gasteiger partial charge in [0, 0.05) is 0 Å². The first kappa shape index (κ1) is 8.77. The summed E-state index contributed by atoms with van der Waals surface area (Å²) >= 11 is 0. The topological polar surface area (TPSA) is 40.5 Å². The number of halogens is 3. The Kier molecular flexibility index (Phi) is 2.51. The Labute approximate surface area is 50.4 Å². The third kappa shape index (κ3) is 2.71. The smallest absolute Gasteiger partial charge is 0.427 e. The fourth-order valence-corrected chi connectivity index (χ4v) is 0.169. The van der Waals surface area contributed by atoms with E-state index in [-0.39, 0.29) is 0 Å². The minimum atomic E-state index is -4.52. The van der Waals surface area contributed by atoms with Gasteiger partial charge in [-0.3, -0.25) is 0 Å². The van der Waals surface area contributed by atoms with Crippen LogP contribution >= 0.6 is 0 Å². The molecule has 0 rings (SSSR count). The molecule has 0 fully saturated rings. The van der Waals surface area contributed by atoms with Crippen molar-refractivity contribution >= 4 is 7.12 Å². The molecule has 2 N–H and O–H groups in total. The Morgan fingerprint density at radius 1 is 1.33 bits per heavy atom. The van der Waals surface area contributed by atoms with Crippen LogP contribution in [0.4, 0.5) is 13.2 Å². The SMILES string of the molecule is CC(B(O)O)C(F)(F)F. The number of hydrogen-bond donors (Lipinski definition) is 2. The highest BCUT2D eigenvalue weighted by atomic mass is 19.4. The zero-order valence-corrected chi connectivity index (χ0v) is 4.68. The Bertz CT molecular complexity index is 91.5. The zero-order valence-electron chi connectivity index (χ0n) is 4.68. The van der Waals surface area contributed by atoms with E-state index in [0.717, 1.165) is 0 Å². The van der Waals surface area contributed by atoms with Gasteiger partial charge in [0.15, 0.2) is 0 Å². The van der Waals surface area contributed by atoms with Gasteiger partial charge in [-0.1, -0.05) is 6.92 Å². The molecule has 0 aromatic heterocycles. The van der Waals surface area contributed by atoms with Crippen LogP contribution in [0.25, 0.3) is 0 Å². The van der Waals surface area contributed by atoms with Crippen LogP contribution < -0.4 is 0 Å². The average molecular weight is 142 g/mol. The summed E-state index contributed by atoms with van der Waals surface area (Å²) in [4.78, 5) is 0. The molecular formula is C3H6BF3O2. The summed E-state index contributed by atoms with van der Waals surface area (Å²) in [6.07, 6.45) is -4.52. The summed E-state index contributed by atoms with van der Waals surface area (Å²) < 4.78 is 34.1. The molecule has 1 unspecified atom stereocenters. The summed E-state index contributed by atoms with van der Waals surface area (Å²) in [5.74, 6) is -2.07. The lowest BCUT2D eigenvalue weighted by Crippen LogP contribution is -2.30. The van der Waals surface area contributed by atoms with Crippen molar-refractivity contribution in [2.24, 2.45) is 0 Å². The van der Waals surface area contributed by atoms with E-state index >= 15 is 0 Å². The Hall–Kier alpha value is -0.225. The molecule has 9 heavy (non-hydrogen) atoms. The van der Waals surface area contributed by atoms with E-state index in [0.29, 0.717) is 6.92 Å². The van der Waals surface area contributed by atoms with Crippen molar-refractivity contribution in [3.8, 4) is 0 Å². The quantitative estimate of drug-likeness (QED) is 0.520. The van der Waals surface area contributed by atoms with Gasteiger partial charge < -0.3 is 10.0 Å². The first-order valence-electron chi connectivity index (χ1n) is 2.28. The van der Waals surface area contributed by atoms with E-state index in [9.17, 15) is 13.2 Å². The molecule has 0 saturated heterocycles. The largest absolute Gasteiger partial charge is 0.463 e. The van der Waals surface area contributed by atoms with E-state index in [2.05, 4.69) is 0 Å². The third-order valence-corrected chi connectivity index (χ3v) is 0.964. The van der Waals surface area contributed by atoms with Crippen LogP contribution in [0.1, 0.15) is 6.92 Å². The second-order valence-corrected chi connectivity index (χ2v) is 1.74. The van der Waals surface area contributed by atoms with Crippen LogP contribution in [0.3, 0.4) is 0 Å². The van der Waals surface area contributed by atoms with Crippen molar-refractivity contribution in [3.05, 3.63) is 0 Å². The normalized spacial score (nSPS) is 15.3. The first-order chi connectivity index (χ1) is 3.85. The Balaban J connectivity index is 3.88. The highest BCUT2D eigenvalue weighted by Gasteiger charge is 2.43. The predicted octanol–water partition coefficient (Wildman–Crippen LogP) is 0.412. The predicted molar refractivity (Wildman–Crippen MR) is 25.7 cm³/mol. The zero-order chi connectivity index (χ0) is 7.65. The van der Waals surface area contributed by atoms with Crippen LogP contribution in [0.15, 0.2) is 0 Å². The van der Waals surface area contributed by atoms with Crippen LogP contribution in [-0.4, -0.2) is 23.3 Å². The molecule has 0 aliphatic carbocycles. The van der Waals surface area contributed by atoms with Crippen molar-refractivity contribution in [2.75, 3.05) is 0 Å². The monoisotopic (exact) mass is 142 g/mol. The summed E-state index contributed by atoms with van der Waals surface area (Å²) in [7, 11) is -2.31. The van der Waals surface area contributed by atoms with Gasteiger partial charge in [-0.05, 0) is 0 Å². The molecule has 0 aliphatic heterocycles. The van der Waals surface area contributed by atoms with Crippen LogP contribution in [0.5, 0.6) is 0 Å². The molecule has 0 aromatic carbocycles. The Morgan fingerprint density at radius 2 is 1.67 bits per heavy atom. The fourth-order valence-electron chi connectivity index (χ4n) is 0.169. The van der Waals surface area contributed by atoms with Crippen molar-refractivity contribution < 1.29 is 23.2 Å². The standard InChI is InChI=1S/C3H6BF3O2/c1-2(4(8)9)3(5,6)7/h2,8-9H,1H3. The lowest BCUT2D eigenvalue weighted by Gasteiger charge is -2.12. The van der Waals surface area contributed by atoms with E-state index in [1.165, 1.54) is 0 Å². The average Bonchev–Trinajstić information content (AvgIpc) is 1.62. The summed E-state index contributed by atoms with van der Waals surface area (Å²) in [5.41, 5.74) is 0. The lowest BCUT2D eigenvalue weighted by atomic mass is 9.74. The summed E-state index contributed by atoms with van der Waals surface area (Å²) in [6.45, 7) is 0.699. The van der Waals surface area contributed by atoms with Crippen molar-refractivity contribution in [2.45, 2.75) is 18.9 Å². The molecule has 6 heteroatoms. The first-order valence-corrected chi connectivity index (χ1v) is 2.28. The second-order valence-electron chi connectivity index (χ2n) is 1.74. The van der Waals surface area contributed by atoms with E-state index in [1.54, 1.807) is 0 Å². The van der Waals surface area contributed by atoms with E-state index in [1.807, 2.05) is 0 Å². The molecule has 2 nitrogen and oxygen atoms in total. The molecule has 1 atom stereocenters. The molecular weight excluding hydrogens is 136 g/mol. The van der Waals surface area contributed by atoms with Gasteiger partial charge in [0.1, 0.15) is 0 Å².